The Hall–Kier alpha value is -4.30. The fourth-order valence-electron chi connectivity index (χ4n) is 5.13. The summed E-state index contributed by atoms with van der Waals surface area (Å²) in [5.74, 6) is -0.553. The van der Waals surface area contributed by atoms with Gasteiger partial charge in [-0.3, -0.25) is 4.98 Å². The van der Waals surface area contributed by atoms with Crippen LogP contribution in [0.25, 0.3) is 10.9 Å². The molecular weight excluding hydrogens is 581 g/mol. The van der Waals surface area contributed by atoms with Gasteiger partial charge in [0, 0.05) is 28.8 Å². The van der Waals surface area contributed by atoms with Crippen LogP contribution < -0.4 is 16.0 Å². The molecule has 212 valence electrons. The van der Waals surface area contributed by atoms with Crippen molar-refractivity contribution in [1.82, 2.24) is 25.3 Å². The van der Waals surface area contributed by atoms with Gasteiger partial charge in [-0.15, -0.1) is 5.10 Å². The van der Waals surface area contributed by atoms with Crippen molar-refractivity contribution in [2.45, 2.75) is 24.7 Å². The fraction of sp³-hybridized carbons (Fsp3) is 0.200. The maximum Gasteiger partial charge on any atom is 0.141 e. The molecule has 1 saturated heterocycles. The van der Waals surface area contributed by atoms with E-state index in [1.54, 1.807) is 23.0 Å². The molecule has 0 bridgehead atoms. The van der Waals surface area contributed by atoms with Crippen molar-refractivity contribution in [3.63, 3.8) is 0 Å². The molecule has 42 heavy (non-hydrogen) atoms. The number of hydrogen-bond acceptors (Lipinski definition) is 7. The van der Waals surface area contributed by atoms with Crippen molar-refractivity contribution in [3.05, 3.63) is 106 Å². The second kappa shape index (κ2) is 11.9. The average Bonchev–Trinajstić information content (AvgIpc) is 3.48. The summed E-state index contributed by atoms with van der Waals surface area (Å²) in [6, 6.07) is 18.6. The van der Waals surface area contributed by atoms with Gasteiger partial charge in [-0.2, -0.15) is 5.26 Å². The van der Waals surface area contributed by atoms with Gasteiger partial charge in [-0.05, 0) is 48.9 Å². The minimum absolute atomic E-state index is 0.0559. The Labute approximate surface area is 250 Å². The van der Waals surface area contributed by atoms with Crippen LogP contribution in [0.3, 0.4) is 0 Å². The molecule has 3 N–H and O–H groups in total. The molecule has 12 heteroatoms. The van der Waals surface area contributed by atoms with Gasteiger partial charge in [0.05, 0.1) is 45.8 Å². The van der Waals surface area contributed by atoms with Crippen LogP contribution >= 0.6 is 23.2 Å². The lowest BCUT2D eigenvalue weighted by Crippen LogP contribution is -2.39. The minimum atomic E-state index is -1.08. The van der Waals surface area contributed by atoms with Crippen molar-refractivity contribution < 1.29 is 8.78 Å². The van der Waals surface area contributed by atoms with E-state index in [0.29, 0.717) is 51.6 Å². The van der Waals surface area contributed by atoms with Crippen molar-refractivity contribution in [3.8, 4) is 6.07 Å². The lowest BCUT2D eigenvalue weighted by atomic mass is 10.0. The molecular formula is C30H24Cl2F2N8. The van der Waals surface area contributed by atoms with E-state index in [1.807, 2.05) is 30.3 Å². The molecule has 6 rings (SSSR count). The van der Waals surface area contributed by atoms with Gasteiger partial charge in [0.25, 0.3) is 0 Å². The Bertz CT molecular complexity index is 1790. The topological polar surface area (TPSA) is 103 Å². The number of anilines is 3. The summed E-state index contributed by atoms with van der Waals surface area (Å²) in [7, 11) is 0. The molecule has 1 aliphatic rings. The molecule has 0 amide bonds. The van der Waals surface area contributed by atoms with E-state index < -0.39 is 24.1 Å². The van der Waals surface area contributed by atoms with E-state index in [-0.39, 0.29) is 17.1 Å². The van der Waals surface area contributed by atoms with E-state index >= 15 is 0 Å². The summed E-state index contributed by atoms with van der Waals surface area (Å²) in [6.45, 7) is 0.970. The van der Waals surface area contributed by atoms with Crippen molar-refractivity contribution in [2.75, 3.05) is 23.7 Å². The number of alkyl halides is 1. The first kappa shape index (κ1) is 27.8. The third-order valence-electron chi connectivity index (χ3n) is 7.22. The number of nitrogens with zero attached hydrogens (tertiary/aromatic N) is 5. The van der Waals surface area contributed by atoms with Crippen molar-refractivity contribution in [1.29, 1.82) is 5.26 Å². The predicted molar refractivity (Wildman–Crippen MR) is 160 cm³/mol. The van der Waals surface area contributed by atoms with Crippen LogP contribution in [-0.4, -0.2) is 39.2 Å². The Balaban J connectivity index is 1.42. The highest BCUT2D eigenvalue weighted by Crippen LogP contribution is 2.38. The zero-order chi connectivity index (χ0) is 29.2. The summed E-state index contributed by atoms with van der Waals surface area (Å²) in [5, 5.41) is 29.2. The third-order valence-corrected chi connectivity index (χ3v) is 7.72. The number of piperidine rings is 1. The molecule has 0 spiro atoms. The Morgan fingerprint density at radius 2 is 1.95 bits per heavy atom. The highest BCUT2D eigenvalue weighted by Gasteiger charge is 2.29. The molecule has 3 aromatic carbocycles. The van der Waals surface area contributed by atoms with Crippen molar-refractivity contribution >= 4 is 51.2 Å². The van der Waals surface area contributed by atoms with E-state index in [0.717, 1.165) is 5.56 Å². The second-order valence-electron chi connectivity index (χ2n) is 9.95. The third kappa shape index (κ3) is 5.59. The lowest BCUT2D eigenvalue weighted by Gasteiger charge is -2.26. The van der Waals surface area contributed by atoms with Gasteiger partial charge in [0.1, 0.15) is 23.8 Å². The summed E-state index contributed by atoms with van der Waals surface area (Å²) < 4.78 is 30.1. The first-order chi connectivity index (χ1) is 20.4. The summed E-state index contributed by atoms with van der Waals surface area (Å²) in [5.41, 5.74) is 3.79. The van der Waals surface area contributed by atoms with Gasteiger partial charge in [0.15, 0.2) is 0 Å². The molecule has 1 fully saturated rings. The summed E-state index contributed by atoms with van der Waals surface area (Å²) >= 11 is 12.6. The number of aromatic nitrogens is 4. The Morgan fingerprint density at radius 3 is 2.71 bits per heavy atom. The SMILES string of the molecule is N#Cc1cnc2c(N[C@@H](c3ccccc3)c3cn([C@@H]4CCNC[C@@H]4F)nn3)cc(Cl)cc2c1Nc1ccc(F)c(Cl)c1. The first-order valence-electron chi connectivity index (χ1n) is 13.2. The largest absolute Gasteiger partial charge is 0.371 e. The van der Waals surface area contributed by atoms with Gasteiger partial charge in [-0.25, -0.2) is 13.5 Å². The first-order valence-corrected chi connectivity index (χ1v) is 14.0. The van der Waals surface area contributed by atoms with Crippen molar-refractivity contribution in [2.24, 2.45) is 0 Å². The maximum absolute atomic E-state index is 14.7. The Morgan fingerprint density at radius 1 is 1.12 bits per heavy atom. The number of nitrogens with one attached hydrogen (secondary N) is 3. The van der Waals surface area contributed by atoms with Crippen LogP contribution in [0.2, 0.25) is 10.0 Å². The normalized spacial score (nSPS) is 17.5. The van der Waals surface area contributed by atoms with Crippen LogP contribution in [0.15, 0.2) is 73.1 Å². The predicted octanol–water partition coefficient (Wildman–Crippen LogP) is 6.96. The van der Waals surface area contributed by atoms with E-state index in [9.17, 15) is 14.0 Å². The number of benzene rings is 3. The molecule has 2 aromatic heterocycles. The molecule has 5 aromatic rings. The Kier molecular flexibility index (Phi) is 7.89. The number of pyridine rings is 1. The number of rotatable bonds is 7. The zero-order valence-corrected chi connectivity index (χ0v) is 23.5. The number of hydrogen-bond donors (Lipinski definition) is 3. The molecule has 0 saturated carbocycles. The molecule has 0 radical (unpaired) electrons. The smallest absolute Gasteiger partial charge is 0.141 e. The molecule has 3 atom stereocenters. The molecule has 1 aliphatic heterocycles. The minimum Gasteiger partial charge on any atom is -0.371 e. The average molecular weight is 605 g/mol. The quantitative estimate of drug-likeness (QED) is 0.184. The zero-order valence-electron chi connectivity index (χ0n) is 22.0. The van der Waals surface area contributed by atoms with Crippen LogP contribution in [0.1, 0.15) is 35.3 Å². The standard InChI is InChI=1S/C30H24Cl2F2N8/c31-19-10-21-28(38-20-6-7-23(33)22(32)12-20)18(13-35)14-37-30(21)25(11-19)39-29(17-4-2-1-3-5-17)26-16-42(41-40-26)27-8-9-36-15-24(27)34/h1-7,10-12,14,16,24,27,29,36,39H,8-9,15H2,(H,37,38)/t24-,27+,29-/m0/s1. The number of fused-ring (bicyclic) bond motifs is 1. The van der Waals surface area contributed by atoms with Gasteiger partial charge < -0.3 is 16.0 Å². The molecule has 8 nitrogen and oxygen atoms in total. The fourth-order valence-corrected chi connectivity index (χ4v) is 5.53. The van der Waals surface area contributed by atoms with Gasteiger partial charge in [-0.1, -0.05) is 58.7 Å². The highest BCUT2D eigenvalue weighted by molar-refractivity contribution is 6.32. The van der Waals surface area contributed by atoms with Crippen LogP contribution in [0.4, 0.5) is 25.8 Å². The number of nitriles is 1. The summed E-state index contributed by atoms with van der Waals surface area (Å²) in [6.07, 6.45) is 2.76. The van der Waals surface area contributed by atoms with Gasteiger partial charge >= 0.3 is 0 Å². The maximum atomic E-state index is 14.7. The van der Waals surface area contributed by atoms with Crippen LogP contribution in [0.5, 0.6) is 0 Å². The van der Waals surface area contributed by atoms with Gasteiger partial charge in [0.2, 0.25) is 0 Å². The molecule has 0 unspecified atom stereocenters. The lowest BCUT2D eigenvalue weighted by molar-refractivity contribution is 0.171. The van der Waals surface area contributed by atoms with Crippen LogP contribution in [0, 0.1) is 17.1 Å². The van der Waals surface area contributed by atoms with E-state index in [2.05, 4.69) is 37.3 Å². The highest BCUT2D eigenvalue weighted by atomic mass is 35.5. The monoisotopic (exact) mass is 604 g/mol. The summed E-state index contributed by atoms with van der Waals surface area (Å²) in [4.78, 5) is 4.59. The molecule has 0 aliphatic carbocycles. The molecule has 3 heterocycles. The van der Waals surface area contributed by atoms with E-state index in [1.165, 1.54) is 24.4 Å². The van der Waals surface area contributed by atoms with E-state index in [4.69, 9.17) is 23.2 Å². The number of halogens is 4. The second-order valence-corrected chi connectivity index (χ2v) is 10.8. The van der Waals surface area contributed by atoms with Crippen LogP contribution in [-0.2, 0) is 0 Å².